The Kier molecular flexibility index (Phi) is 6.09. The Morgan fingerprint density at radius 1 is 1.42 bits per heavy atom. The third-order valence-electron chi connectivity index (χ3n) is 2.20. The van der Waals surface area contributed by atoms with Crippen LogP contribution in [0, 0.1) is 5.92 Å². The van der Waals surface area contributed by atoms with Gasteiger partial charge in [0.15, 0.2) is 0 Å². The van der Waals surface area contributed by atoms with Gasteiger partial charge in [-0.25, -0.2) is 0 Å². The third kappa shape index (κ3) is 5.36. The van der Waals surface area contributed by atoms with Crippen molar-refractivity contribution in [1.29, 1.82) is 0 Å². The van der Waals surface area contributed by atoms with E-state index in [1.807, 2.05) is 0 Å². The molecule has 1 N–H and O–H groups in total. The zero-order chi connectivity index (χ0) is 9.56. The highest BCUT2D eigenvalue weighted by atomic mass is 14.9. The molecule has 0 heterocycles. The van der Waals surface area contributed by atoms with E-state index in [0.29, 0.717) is 6.04 Å². The van der Waals surface area contributed by atoms with Crippen LogP contribution in [0.1, 0.15) is 40.5 Å². The minimum atomic E-state index is 0.671. The van der Waals surface area contributed by atoms with Crippen molar-refractivity contribution in [1.82, 2.24) is 5.32 Å². The third-order valence-corrected chi connectivity index (χ3v) is 2.20. The summed E-state index contributed by atoms with van der Waals surface area (Å²) in [5.74, 6) is 0.736. The molecule has 1 nitrogen and oxygen atoms in total. The van der Waals surface area contributed by atoms with Crippen molar-refractivity contribution in [3.05, 3.63) is 12.2 Å². The molecule has 0 spiro atoms. The summed E-state index contributed by atoms with van der Waals surface area (Å²) in [6.45, 7) is 13.8. The molecule has 0 rings (SSSR count). The predicted molar refractivity (Wildman–Crippen MR) is 56.4 cm³/mol. The molecule has 1 atom stereocenters. The quantitative estimate of drug-likeness (QED) is 0.603. The Hall–Kier alpha value is -0.300. The van der Waals surface area contributed by atoms with Crippen LogP contribution in [-0.4, -0.2) is 12.6 Å². The maximum absolute atomic E-state index is 3.88. The normalized spacial score (nSPS) is 13.4. The summed E-state index contributed by atoms with van der Waals surface area (Å²) >= 11 is 0. The number of rotatable bonds is 6. The van der Waals surface area contributed by atoms with Crippen LogP contribution in [0.4, 0.5) is 0 Å². The molecule has 0 saturated heterocycles. The molecule has 0 amide bonds. The highest BCUT2D eigenvalue weighted by Crippen LogP contribution is 2.05. The van der Waals surface area contributed by atoms with Crippen molar-refractivity contribution >= 4 is 0 Å². The first kappa shape index (κ1) is 11.7. The van der Waals surface area contributed by atoms with E-state index in [0.717, 1.165) is 18.9 Å². The van der Waals surface area contributed by atoms with Crippen molar-refractivity contribution in [2.45, 2.75) is 46.6 Å². The van der Waals surface area contributed by atoms with E-state index < -0.39 is 0 Å². The van der Waals surface area contributed by atoms with Crippen molar-refractivity contribution < 1.29 is 0 Å². The minimum Gasteiger partial charge on any atom is -0.313 e. The van der Waals surface area contributed by atoms with E-state index in [4.69, 9.17) is 0 Å². The van der Waals surface area contributed by atoms with Crippen molar-refractivity contribution in [2.75, 3.05) is 6.54 Å². The monoisotopic (exact) mass is 169 g/mol. The van der Waals surface area contributed by atoms with Gasteiger partial charge in [-0.15, -0.1) is 6.58 Å². The van der Waals surface area contributed by atoms with Gasteiger partial charge in [-0.3, -0.25) is 0 Å². The van der Waals surface area contributed by atoms with Gasteiger partial charge < -0.3 is 5.32 Å². The fourth-order valence-corrected chi connectivity index (χ4v) is 1.32. The lowest BCUT2D eigenvalue weighted by Gasteiger charge is -2.20. The lowest BCUT2D eigenvalue weighted by molar-refractivity contribution is 0.391. The standard InChI is InChI=1S/C11H23N/c1-6-11(10(4)5)12-8-7-9(2)3/h10-12H,2,6-8H2,1,3-5H3. The number of hydrogen-bond donors (Lipinski definition) is 1. The van der Waals surface area contributed by atoms with E-state index in [1.165, 1.54) is 12.0 Å². The first-order valence-electron chi connectivity index (χ1n) is 4.95. The lowest BCUT2D eigenvalue weighted by Crippen LogP contribution is -2.33. The van der Waals surface area contributed by atoms with E-state index >= 15 is 0 Å². The summed E-state index contributed by atoms with van der Waals surface area (Å²) in [7, 11) is 0. The van der Waals surface area contributed by atoms with Crippen LogP contribution in [0.5, 0.6) is 0 Å². The largest absolute Gasteiger partial charge is 0.313 e. The summed E-state index contributed by atoms with van der Waals surface area (Å²) in [6.07, 6.45) is 2.32. The summed E-state index contributed by atoms with van der Waals surface area (Å²) in [6, 6.07) is 0.671. The molecule has 1 heteroatoms. The molecular formula is C11H23N. The Morgan fingerprint density at radius 3 is 2.33 bits per heavy atom. The Bertz CT molecular complexity index is 127. The maximum Gasteiger partial charge on any atom is 0.00875 e. The van der Waals surface area contributed by atoms with Crippen LogP contribution >= 0.6 is 0 Å². The second kappa shape index (κ2) is 6.24. The van der Waals surface area contributed by atoms with Gasteiger partial charge in [0.1, 0.15) is 0 Å². The number of nitrogens with one attached hydrogen (secondary N) is 1. The Morgan fingerprint density at radius 2 is 2.00 bits per heavy atom. The predicted octanol–water partition coefficient (Wildman–Crippen LogP) is 2.98. The zero-order valence-corrected chi connectivity index (χ0v) is 8.98. The molecule has 0 aliphatic heterocycles. The average molecular weight is 169 g/mol. The summed E-state index contributed by atoms with van der Waals surface area (Å²) < 4.78 is 0. The van der Waals surface area contributed by atoms with Crippen LogP contribution < -0.4 is 5.32 Å². The zero-order valence-electron chi connectivity index (χ0n) is 8.98. The van der Waals surface area contributed by atoms with E-state index in [9.17, 15) is 0 Å². The van der Waals surface area contributed by atoms with Gasteiger partial charge >= 0.3 is 0 Å². The molecule has 0 aromatic carbocycles. The SMILES string of the molecule is C=C(C)CCNC(CC)C(C)C. The molecule has 1 unspecified atom stereocenters. The highest BCUT2D eigenvalue weighted by Gasteiger charge is 2.08. The first-order valence-corrected chi connectivity index (χ1v) is 4.95. The summed E-state index contributed by atoms with van der Waals surface area (Å²) in [4.78, 5) is 0. The fourth-order valence-electron chi connectivity index (χ4n) is 1.32. The van der Waals surface area contributed by atoms with Gasteiger partial charge in [0.05, 0.1) is 0 Å². The molecule has 0 fully saturated rings. The second-order valence-corrected chi connectivity index (χ2v) is 3.92. The molecule has 12 heavy (non-hydrogen) atoms. The van der Waals surface area contributed by atoms with Crippen LogP contribution in [0.2, 0.25) is 0 Å². The highest BCUT2D eigenvalue weighted by molar-refractivity contribution is 4.88. The molecule has 0 radical (unpaired) electrons. The Labute approximate surface area is 77.2 Å². The molecule has 72 valence electrons. The van der Waals surface area contributed by atoms with Crippen LogP contribution in [0.3, 0.4) is 0 Å². The summed E-state index contributed by atoms with van der Waals surface area (Å²) in [5, 5.41) is 3.54. The van der Waals surface area contributed by atoms with Gasteiger partial charge in [0.2, 0.25) is 0 Å². The smallest absolute Gasteiger partial charge is 0.00875 e. The van der Waals surface area contributed by atoms with Gasteiger partial charge in [0, 0.05) is 6.04 Å². The van der Waals surface area contributed by atoms with Crippen molar-refractivity contribution in [2.24, 2.45) is 5.92 Å². The van der Waals surface area contributed by atoms with Gasteiger partial charge in [-0.1, -0.05) is 26.3 Å². The van der Waals surface area contributed by atoms with Crippen LogP contribution in [-0.2, 0) is 0 Å². The second-order valence-electron chi connectivity index (χ2n) is 3.92. The number of hydrogen-bond acceptors (Lipinski definition) is 1. The maximum atomic E-state index is 3.88. The molecule has 0 aromatic heterocycles. The van der Waals surface area contributed by atoms with Gasteiger partial charge in [-0.05, 0) is 32.2 Å². The molecule has 0 aliphatic carbocycles. The van der Waals surface area contributed by atoms with Gasteiger partial charge in [-0.2, -0.15) is 0 Å². The van der Waals surface area contributed by atoms with E-state index in [1.54, 1.807) is 0 Å². The van der Waals surface area contributed by atoms with Crippen molar-refractivity contribution in [3.8, 4) is 0 Å². The van der Waals surface area contributed by atoms with Crippen LogP contribution in [0.15, 0.2) is 12.2 Å². The molecule has 0 saturated carbocycles. The minimum absolute atomic E-state index is 0.671. The molecule has 0 aliphatic rings. The topological polar surface area (TPSA) is 12.0 Å². The molecule has 0 bridgehead atoms. The molecule has 0 aromatic rings. The average Bonchev–Trinajstić information content (AvgIpc) is 1.96. The summed E-state index contributed by atoms with van der Waals surface area (Å²) in [5.41, 5.74) is 1.26. The Balaban J connectivity index is 3.51. The fraction of sp³-hybridized carbons (Fsp3) is 0.818. The van der Waals surface area contributed by atoms with E-state index in [-0.39, 0.29) is 0 Å². The van der Waals surface area contributed by atoms with Crippen LogP contribution in [0.25, 0.3) is 0 Å². The first-order chi connectivity index (χ1) is 5.57. The molecular weight excluding hydrogens is 146 g/mol. The lowest BCUT2D eigenvalue weighted by atomic mass is 10.0. The van der Waals surface area contributed by atoms with E-state index in [2.05, 4.69) is 39.6 Å². The van der Waals surface area contributed by atoms with Gasteiger partial charge in [0.25, 0.3) is 0 Å². The van der Waals surface area contributed by atoms with Crippen molar-refractivity contribution in [3.63, 3.8) is 0 Å².